The summed E-state index contributed by atoms with van der Waals surface area (Å²) in [5, 5.41) is 5.29. The summed E-state index contributed by atoms with van der Waals surface area (Å²) in [7, 11) is 5.45. The molecule has 0 aliphatic rings. The minimum Gasteiger partial charge on any atom is -0.493 e. The van der Waals surface area contributed by atoms with E-state index in [2.05, 4.69) is 18.2 Å². The van der Waals surface area contributed by atoms with Crippen molar-refractivity contribution in [3.63, 3.8) is 0 Å². The largest absolute Gasteiger partial charge is 0.493 e. The van der Waals surface area contributed by atoms with Gasteiger partial charge in [0, 0.05) is 0 Å². The summed E-state index contributed by atoms with van der Waals surface area (Å²) < 4.78 is 12.7. The molecule has 0 fully saturated rings. The second-order valence-corrected chi connectivity index (χ2v) is 6.92. The van der Waals surface area contributed by atoms with Crippen molar-refractivity contribution in [3.8, 4) is 17.2 Å². The molecule has 1 N–H and O–H groups in total. The SMILES string of the molecule is COc1cccc(C[NH+](C)Cc2c(C)nn(-c3ccccc3)c2Cl)c1OC. The maximum atomic E-state index is 6.66. The first-order chi connectivity index (χ1) is 13.0. The molecule has 1 heterocycles. The first kappa shape index (κ1) is 19.3. The maximum Gasteiger partial charge on any atom is 0.169 e. The number of aromatic nitrogens is 2. The van der Waals surface area contributed by atoms with E-state index < -0.39 is 0 Å². The van der Waals surface area contributed by atoms with Gasteiger partial charge in [-0.25, -0.2) is 4.68 Å². The molecular weight excluding hydrogens is 362 g/mol. The molecule has 142 valence electrons. The van der Waals surface area contributed by atoms with E-state index >= 15 is 0 Å². The molecule has 1 atom stereocenters. The minimum atomic E-state index is 0.663. The van der Waals surface area contributed by atoms with E-state index in [1.807, 2.05) is 49.4 Å². The molecule has 0 spiro atoms. The average molecular weight is 387 g/mol. The van der Waals surface area contributed by atoms with E-state index in [-0.39, 0.29) is 0 Å². The third-order valence-corrected chi connectivity index (χ3v) is 4.97. The van der Waals surface area contributed by atoms with Crippen molar-refractivity contribution < 1.29 is 14.4 Å². The van der Waals surface area contributed by atoms with Gasteiger partial charge in [0.05, 0.1) is 43.8 Å². The summed E-state index contributed by atoms with van der Waals surface area (Å²) in [6, 6.07) is 15.9. The Balaban J connectivity index is 1.81. The highest BCUT2D eigenvalue weighted by Gasteiger charge is 2.20. The van der Waals surface area contributed by atoms with E-state index in [0.29, 0.717) is 5.15 Å². The second kappa shape index (κ2) is 8.46. The van der Waals surface area contributed by atoms with Crippen molar-refractivity contribution in [1.82, 2.24) is 9.78 Å². The number of nitrogens with zero attached hydrogens (tertiary/aromatic N) is 2. The molecule has 3 aromatic rings. The molecular formula is C21H25ClN3O2+. The fraction of sp³-hybridized carbons (Fsp3) is 0.286. The maximum absolute atomic E-state index is 6.66. The second-order valence-electron chi connectivity index (χ2n) is 6.57. The van der Waals surface area contributed by atoms with E-state index in [9.17, 15) is 0 Å². The van der Waals surface area contributed by atoms with Crippen LogP contribution in [0.2, 0.25) is 5.15 Å². The third-order valence-electron chi connectivity index (χ3n) is 4.58. The first-order valence-corrected chi connectivity index (χ1v) is 9.23. The monoisotopic (exact) mass is 386 g/mol. The summed E-state index contributed by atoms with van der Waals surface area (Å²) in [6.07, 6.45) is 0. The molecule has 6 heteroatoms. The molecule has 0 saturated heterocycles. The van der Waals surface area contributed by atoms with Gasteiger partial charge < -0.3 is 14.4 Å². The van der Waals surface area contributed by atoms with Gasteiger partial charge in [-0.15, -0.1) is 0 Å². The molecule has 0 saturated carbocycles. The normalized spacial score (nSPS) is 12.0. The summed E-state index contributed by atoms with van der Waals surface area (Å²) in [6.45, 7) is 3.55. The Morgan fingerprint density at radius 2 is 1.74 bits per heavy atom. The highest BCUT2D eigenvalue weighted by Crippen LogP contribution is 2.30. The van der Waals surface area contributed by atoms with Crippen LogP contribution in [0, 0.1) is 6.92 Å². The van der Waals surface area contributed by atoms with Crippen LogP contribution in [0.5, 0.6) is 11.5 Å². The fourth-order valence-corrected chi connectivity index (χ4v) is 3.59. The lowest BCUT2D eigenvalue weighted by Crippen LogP contribution is -3.06. The number of rotatable bonds is 7. The zero-order valence-electron chi connectivity index (χ0n) is 16.1. The number of benzene rings is 2. The topological polar surface area (TPSA) is 40.7 Å². The van der Waals surface area contributed by atoms with Crippen LogP contribution in [-0.2, 0) is 13.1 Å². The summed E-state index contributed by atoms with van der Waals surface area (Å²) in [5.74, 6) is 1.52. The van der Waals surface area contributed by atoms with Gasteiger partial charge in [0.25, 0.3) is 0 Å². The summed E-state index contributed by atoms with van der Waals surface area (Å²) >= 11 is 6.66. The predicted molar refractivity (Wildman–Crippen MR) is 107 cm³/mol. The van der Waals surface area contributed by atoms with E-state index in [0.717, 1.165) is 47.1 Å². The summed E-state index contributed by atoms with van der Waals surface area (Å²) in [5.41, 5.74) is 4.06. The minimum absolute atomic E-state index is 0.663. The average Bonchev–Trinajstić information content (AvgIpc) is 2.96. The number of hydrogen-bond donors (Lipinski definition) is 1. The Morgan fingerprint density at radius 1 is 1.00 bits per heavy atom. The van der Waals surface area contributed by atoms with Crippen molar-refractivity contribution in [1.29, 1.82) is 0 Å². The quantitative estimate of drug-likeness (QED) is 0.678. The third kappa shape index (κ3) is 4.10. The number of nitrogens with one attached hydrogen (secondary N) is 1. The van der Waals surface area contributed by atoms with Crippen LogP contribution < -0.4 is 14.4 Å². The Labute approximate surface area is 165 Å². The summed E-state index contributed by atoms with van der Waals surface area (Å²) in [4.78, 5) is 1.28. The van der Waals surface area contributed by atoms with Crippen molar-refractivity contribution in [3.05, 3.63) is 70.5 Å². The van der Waals surface area contributed by atoms with Gasteiger partial charge in [-0.2, -0.15) is 5.10 Å². The highest BCUT2D eigenvalue weighted by molar-refractivity contribution is 6.30. The number of quaternary nitrogens is 1. The number of aryl methyl sites for hydroxylation is 1. The van der Waals surface area contributed by atoms with Crippen LogP contribution >= 0.6 is 11.6 Å². The molecule has 0 radical (unpaired) electrons. The van der Waals surface area contributed by atoms with Gasteiger partial charge in [-0.3, -0.25) is 0 Å². The van der Waals surface area contributed by atoms with E-state index in [1.165, 1.54) is 4.90 Å². The van der Waals surface area contributed by atoms with Gasteiger partial charge in [-0.1, -0.05) is 35.9 Å². The molecule has 1 unspecified atom stereocenters. The van der Waals surface area contributed by atoms with Crippen LogP contribution in [-0.4, -0.2) is 31.0 Å². The van der Waals surface area contributed by atoms with Gasteiger partial charge >= 0.3 is 0 Å². The van der Waals surface area contributed by atoms with Crippen LogP contribution in [0.15, 0.2) is 48.5 Å². The van der Waals surface area contributed by atoms with Crippen molar-refractivity contribution >= 4 is 11.6 Å². The first-order valence-electron chi connectivity index (χ1n) is 8.85. The van der Waals surface area contributed by atoms with Crippen LogP contribution in [0.1, 0.15) is 16.8 Å². The smallest absolute Gasteiger partial charge is 0.169 e. The van der Waals surface area contributed by atoms with Crippen molar-refractivity contribution in [2.75, 3.05) is 21.3 Å². The molecule has 5 nitrogen and oxygen atoms in total. The molecule has 2 aromatic carbocycles. The molecule has 1 aromatic heterocycles. The molecule has 0 aliphatic carbocycles. The van der Waals surface area contributed by atoms with Crippen molar-refractivity contribution in [2.45, 2.75) is 20.0 Å². The number of hydrogen-bond acceptors (Lipinski definition) is 3. The van der Waals surface area contributed by atoms with Crippen LogP contribution in [0.25, 0.3) is 5.69 Å². The zero-order valence-corrected chi connectivity index (χ0v) is 16.9. The number of methoxy groups -OCH3 is 2. The van der Waals surface area contributed by atoms with Crippen LogP contribution in [0.3, 0.4) is 0 Å². The molecule has 3 rings (SSSR count). The van der Waals surface area contributed by atoms with Crippen molar-refractivity contribution in [2.24, 2.45) is 0 Å². The molecule has 0 bridgehead atoms. The Bertz CT molecular complexity index is 909. The van der Waals surface area contributed by atoms with Gasteiger partial charge in [-0.05, 0) is 31.2 Å². The molecule has 27 heavy (non-hydrogen) atoms. The Hall–Kier alpha value is -2.50. The van der Waals surface area contributed by atoms with Crippen LogP contribution in [0.4, 0.5) is 0 Å². The Morgan fingerprint density at radius 3 is 2.41 bits per heavy atom. The van der Waals surface area contributed by atoms with Gasteiger partial charge in [0.15, 0.2) is 11.5 Å². The molecule has 0 amide bonds. The lowest BCUT2D eigenvalue weighted by Gasteiger charge is -2.17. The highest BCUT2D eigenvalue weighted by atomic mass is 35.5. The zero-order chi connectivity index (χ0) is 19.4. The number of para-hydroxylation sites is 2. The fourth-order valence-electron chi connectivity index (χ4n) is 3.25. The van der Waals surface area contributed by atoms with Gasteiger partial charge in [0.2, 0.25) is 0 Å². The van der Waals surface area contributed by atoms with Gasteiger partial charge in [0.1, 0.15) is 18.2 Å². The van der Waals surface area contributed by atoms with E-state index in [4.69, 9.17) is 21.1 Å². The molecule has 0 aliphatic heterocycles. The lowest BCUT2D eigenvalue weighted by molar-refractivity contribution is -0.907. The number of ether oxygens (including phenoxy) is 2. The Kier molecular flexibility index (Phi) is 6.04. The standard InChI is InChI=1S/C21H24ClN3O2/c1-15-18(21(22)25(23-15)17-10-6-5-7-11-17)14-24(2)13-16-9-8-12-19(26-3)20(16)27-4/h5-12H,13-14H2,1-4H3/p+1. The predicted octanol–water partition coefficient (Wildman–Crippen LogP) is 3.07. The van der Waals surface area contributed by atoms with E-state index in [1.54, 1.807) is 18.9 Å². The number of halogens is 1. The lowest BCUT2D eigenvalue weighted by atomic mass is 10.1.